The highest BCUT2D eigenvalue weighted by Gasteiger charge is 2.50. The number of nitrogens with zero attached hydrogens (tertiary/aromatic N) is 1. The van der Waals surface area contributed by atoms with Crippen molar-refractivity contribution in [2.24, 2.45) is 0 Å². The standard InChI is InChI=1S/C23H19NO10/c25-6-14-18(28)19(29)20(30)23(34-14)24-12-3-8-1-2-9(26)4-10(8)16-15(12)11(17(27)22(24)31)5-13-21(16)33-7-32-13/h1-5,14,18-20,23,25-26,28-30H,6-7H2. The van der Waals surface area contributed by atoms with E-state index in [1.165, 1.54) is 18.2 Å². The zero-order chi connectivity index (χ0) is 23.9. The number of ketones is 1. The highest BCUT2D eigenvalue weighted by atomic mass is 16.7. The summed E-state index contributed by atoms with van der Waals surface area (Å²) in [5, 5.41) is 52.7. The minimum atomic E-state index is -1.78. The highest BCUT2D eigenvalue weighted by molar-refractivity contribution is 6.53. The van der Waals surface area contributed by atoms with Gasteiger partial charge in [-0.3, -0.25) is 14.5 Å². The second kappa shape index (κ2) is 7.26. The van der Waals surface area contributed by atoms with Gasteiger partial charge in [0.1, 0.15) is 30.2 Å². The third kappa shape index (κ3) is 2.70. The summed E-state index contributed by atoms with van der Waals surface area (Å²) >= 11 is 0. The van der Waals surface area contributed by atoms with Crippen LogP contribution in [0.2, 0.25) is 0 Å². The quantitative estimate of drug-likeness (QED) is 0.250. The molecule has 0 saturated carbocycles. The SMILES string of the molecule is O=C1C(=O)N(C2OC(CO)C(O)C(O)C2O)c2cc3ccc(O)cc3c3c4c(cc1c23)OCO4. The minimum absolute atomic E-state index is 0.0233. The lowest BCUT2D eigenvalue weighted by Crippen LogP contribution is -2.65. The summed E-state index contributed by atoms with van der Waals surface area (Å²) in [5.41, 5.74) is 0.237. The molecule has 1 amide bonds. The average molecular weight is 469 g/mol. The topological polar surface area (TPSA) is 166 Å². The smallest absolute Gasteiger partial charge is 0.301 e. The number of phenolic OH excluding ortho intramolecular Hbond substituents is 1. The molecule has 11 heteroatoms. The van der Waals surface area contributed by atoms with Crippen LogP contribution in [0.3, 0.4) is 0 Å². The van der Waals surface area contributed by atoms with Crippen molar-refractivity contribution in [2.45, 2.75) is 30.6 Å². The number of amides is 1. The molecule has 1 fully saturated rings. The Morgan fingerprint density at radius 2 is 1.76 bits per heavy atom. The van der Waals surface area contributed by atoms with Crippen molar-refractivity contribution in [3.63, 3.8) is 0 Å². The number of aromatic hydroxyl groups is 1. The zero-order valence-corrected chi connectivity index (χ0v) is 17.4. The Kier molecular flexibility index (Phi) is 4.50. The van der Waals surface area contributed by atoms with Crippen LogP contribution in [0.1, 0.15) is 10.4 Å². The molecule has 0 radical (unpaired) electrons. The number of hydrogen-bond donors (Lipinski definition) is 5. The van der Waals surface area contributed by atoms with Crippen molar-refractivity contribution >= 4 is 38.9 Å². The van der Waals surface area contributed by atoms with Crippen LogP contribution in [0, 0.1) is 0 Å². The van der Waals surface area contributed by atoms with Gasteiger partial charge >= 0.3 is 5.91 Å². The molecule has 3 heterocycles. The van der Waals surface area contributed by atoms with Crippen LogP contribution in [-0.4, -0.2) is 81.3 Å². The van der Waals surface area contributed by atoms with Gasteiger partial charge in [0.05, 0.1) is 12.3 Å². The number of aliphatic hydroxyl groups is 4. The number of carbonyl (C=O) groups is 2. The van der Waals surface area contributed by atoms with E-state index in [0.717, 1.165) is 4.90 Å². The van der Waals surface area contributed by atoms with Gasteiger partial charge in [0, 0.05) is 16.3 Å². The number of benzene rings is 3. The van der Waals surface area contributed by atoms with E-state index in [9.17, 15) is 35.1 Å². The normalized spacial score (nSPS) is 28.2. The summed E-state index contributed by atoms with van der Waals surface area (Å²) in [6.07, 6.45) is -8.02. The molecule has 3 aliphatic rings. The molecule has 0 bridgehead atoms. The number of hydrogen-bond acceptors (Lipinski definition) is 10. The first kappa shape index (κ1) is 21.1. The number of anilines is 1. The predicted octanol–water partition coefficient (Wildman–Crippen LogP) is -0.243. The molecular formula is C23H19NO10. The number of rotatable bonds is 2. The molecule has 176 valence electrons. The third-order valence-corrected chi connectivity index (χ3v) is 6.56. The predicted molar refractivity (Wildman–Crippen MR) is 115 cm³/mol. The van der Waals surface area contributed by atoms with Crippen LogP contribution in [0.4, 0.5) is 5.69 Å². The first-order valence-electron chi connectivity index (χ1n) is 10.5. The van der Waals surface area contributed by atoms with Crippen molar-refractivity contribution < 1.29 is 49.3 Å². The number of Topliss-reactive ketones (excluding diaryl/α,β-unsaturated/α-hetero) is 1. The maximum atomic E-state index is 13.3. The van der Waals surface area contributed by atoms with Gasteiger partial charge < -0.3 is 39.7 Å². The van der Waals surface area contributed by atoms with Gasteiger partial charge in [-0.15, -0.1) is 0 Å². The molecule has 5 unspecified atom stereocenters. The molecule has 0 spiro atoms. The van der Waals surface area contributed by atoms with Crippen LogP contribution in [-0.2, 0) is 9.53 Å². The van der Waals surface area contributed by atoms with Gasteiger partial charge in [0.15, 0.2) is 17.7 Å². The second-order valence-electron chi connectivity index (χ2n) is 8.43. The maximum absolute atomic E-state index is 13.3. The van der Waals surface area contributed by atoms with Crippen molar-refractivity contribution in [3.05, 3.63) is 35.9 Å². The van der Waals surface area contributed by atoms with Crippen molar-refractivity contribution in [3.8, 4) is 17.2 Å². The first-order chi connectivity index (χ1) is 16.3. The second-order valence-corrected chi connectivity index (χ2v) is 8.43. The van der Waals surface area contributed by atoms with Gasteiger partial charge in [0.25, 0.3) is 5.78 Å². The van der Waals surface area contributed by atoms with E-state index < -0.39 is 48.9 Å². The van der Waals surface area contributed by atoms with Crippen molar-refractivity contribution in [1.82, 2.24) is 0 Å². The number of phenols is 1. The molecule has 6 rings (SSSR count). The summed E-state index contributed by atoms with van der Waals surface area (Å²) in [4.78, 5) is 27.5. The summed E-state index contributed by atoms with van der Waals surface area (Å²) in [7, 11) is 0. The summed E-state index contributed by atoms with van der Waals surface area (Å²) in [6.45, 7) is -0.796. The maximum Gasteiger partial charge on any atom is 0.301 e. The molecule has 5 N–H and O–H groups in total. The van der Waals surface area contributed by atoms with E-state index in [1.807, 2.05) is 0 Å². The number of ether oxygens (including phenoxy) is 3. The monoisotopic (exact) mass is 469 g/mol. The lowest BCUT2D eigenvalue weighted by molar-refractivity contribution is -0.228. The lowest BCUT2D eigenvalue weighted by Gasteiger charge is -2.45. The van der Waals surface area contributed by atoms with Gasteiger partial charge in [-0.25, -0.2) is 0 Å². The summed E-state index contributed by atoms with van der Waals surface area (Å²) in [6, 6.07) is 7.57. The molecular weight excluding hydrogens is 450 g/mol. The van der Waals surface area contributed by atoms with E-state index in [4.69, 9.17) is 14.2 Å². The van der Waals surface area contributed by atoms with Crippen LogP contribution in [0.15, 0.2) is 30.3 Å². The van der Waals surface area contributed by atoms with E-state index in [2.05, 4.69) is 0 Å². The summed E-state index contributed by atoms with van der Waals surface area (Å²) < 4.78 is 16.7. The van der Waals surface area contributed by atoms with Crippen LogP contribution >= 0.6 is 0 Å². The van der Waals surface area contributed by atoms with E-state index in [0.29, 0.717) is 27.3 Å². The lowest BCUT2D eigenvalue weighted by atomic mass is 9.88. The number of aliphatic hydroxyl groups excluding tert-OH is 4. The fourth-order valence-electron chi connectivity index (χ4n) is 4.92. The van der Waals surface area contributed by atoms with Crippen molar-refractivity contribution in [1.29, 1.82) is 0 Å². The Morgan fingerprint density at radius 3 is 2.53 bits per heavy atom. The molecule has 5 atom stereocenters. The van der Waals surface area contributed by atoms with Crippen molar-refractivity contribution in [2.75, 3.05) is 18.3 Å². The molecule has 34 heavy (non-hydrogen) atoms. The van der Waals surface area contributed by atoms with Gasteiger partial charge in [0.2, 0.25) is 6.79 Å². The first-order valence-corrected chi connectivity index (χ1v) is 10.5. The Hall–Kier alpha value is -3.48. The molecule has 0 aromatic heterocycles. The molecule has 3 aliphatic heterocycles. The van der Waals surface area contributed by atoms with E-state index in [-0.39, 0.29) is 29.5 Å². The third-order valence-electron chi connectivity index (χ3n) is 6.56. The molecule has 3 aromatic rings. The fraction of sp³-hybridized carbons (Fsp3) is 0.304. The van der Waals surface area contributed by atoms with Gasteiger partial charge in [-0.1, -0.05) is 6.07 Å². The number of carbonyl (C=O) groups excluding carboxylic acids is 2. The number of fused-ring (bicyclic) bond motifs is 4. The largest absolute Gasteiger partial charge is 0.508 e. The van der Waals surface area contributed by atoms with Gasteiger partial charge in [-0.2, -0.15) is 0 Å². The van der Waals surface area contributed by atoms with Crippen LogP contribution < -0.4 is 14.4 Å². The summed E-state index contributed by atoms with van der Waals surface area (Å²) in [5.74, 6) is -1.37. The Morgan fingerprint density at radius 1 is 0.971 bits per heavy atom. The zero-order valence-electron chi connectivity index (χ0n) is 17.4. The highest BCUT2D eigenvalue weighted by Crippen LogP contribution is 2.50. The molecule has 1 saturated heterocycles. The molecule has 11 nitrogen and oxygen atoms in total. The fourth-order valence-corrected chi connectivity index (χ4v) is 4.92. The van der Waals surface area contributed by atoms with Gasteiger partial charge in [-0.05, 0) is 35.0 Å². The Labute approximate surface area is 190 Å². The Balaban J connectivity index is 1.67. The van der Waals surface area contributed by atoms with Crippen LogP contribution in [0.5, 0.6) is 17.2 Å². The molecule has 3 aromatic carbocycles. The Bertz CT molecular complexity index is 1390. The van der Waals surface area contributed by atoms with Crippen LogP contribution in [0.25, 0.3) is 21.5 Å². The molecule has 0 aliphatic carbocycles. The van der Waals surface area contributed by atoms with E-state index in [1.54, 1.807) is 12.1 Å². The minimum Gasteiger partial charge on any atom is -0.508 e. The average Bonchev–Trinajstić information content (AvgIpc) is 3.30. The van der Waals surface area contributed by atoms with E-state index >= 15 is 0 Å².